The molecule has 3 aliphatic rings. The first-order valence-electron chi connectivity index (χ1n) is 12.8. The Morgan fingerprint density at radius 2 is 1.92 bits per heavy atom. The van der Waals surface area contributed by atoms with Crippen LogP contribution in [0.3, 0.4) is 0 Å². The van der Waals surface area contributed by atoms with Gasteiger partial charge in [-0.25, -0.2) is 13.8 Å². The van der Waals surface area contributed by atoms with Crippen molar-refractivity contribution in [2.45, 2.75) is 63.2 Å². The van der Waals surface area contributed by atoms with E-state index in [0.29, 0.717) is 37.1 Å². The number of benzene rings is 2. The van der Waals surface area contributed by atoms with Crippen LogP contribution in [0, 0.1) is 0 Å². The number of amides is 2. The number of imidazole rings is 1. The smallest absolute Gasteiger partial charge is 0.263 e. The fraction of sp³-hybridized carbons (Fsp3) is 0.444. The van der Waals surface area contributed by atoms with Crippen LogP contribution >= 0.6 is 0 Å². The van der Waals surface area contributed by atoms with Gasteiger partial charge in [0, 0.05) is 48.6 Å². The second-order valence-electron chi connectivity index (χ2n) is 10.1. The minimum absolute atomic E-state index is 0.0376. The van der Waals surface area contributed by atoms with Crippen LogP contribution in [0.5, 0.6) is 0 Å². The van der Waals surface area contributed by atoms with Crippen LogP contribution in [-0.4, -0.2) is 62.6 Å². The van der Waals surface area contributed by atoms with Gasteiger partial charge in [0.2, 0.25) is 11.9 Å². The van der Waals surface area contributed by atoms with E-state index < -0.39 is 12.3 Å². The van der Waals surface area contributed by atoms with Gasteiger partial charge < -0.3 is 14.6 Å². The van der Waals surface area contributed by atoms with Crippen LogP contribution in [-0.2, 0) is 11.3 Å². The van der Waals surface area contributed by atoms with Gasteiger partial charge in [0.05, 0.1) is 17.1 Å². The maximum atomic E-state index is 13.4. The van der Waals surface area contributed by atoms with E-state index in [1.165, 1.54) is 37.1 Å². The van der Waals surface area contributed by atoms with Gasteiger partial charge >= 0.3 is 0 Å². The summed E-state index contributed by atoms with van der Waals surface area (Å²) in [6.45, 7) is 1.03. The molecule has 2 saturated heterocycles. The lowest BCUT2D eigenvalue weighted by Gasteiger charge is -2.40. The number of anilines is 2. The highest BCUT2D eigenvalue weighted by Crippen LogP contribution is 2.41. The van der Waals surface area contributed by atoms with Crippen LogP contribution in [0.25, 0.3) is 11.0 Å². The molecule has 3 aromatic rings. The molecule has 2 amide bonds. The number of nitrogens with zero attached hydrogens (tertiary/aromatic N) is 4. The molecule has 3 heterocycles. The normalized spacial score (nSPS) is 21.8. The minimum Gasteiger partial charge on any atom is -0.396 e. The van der Waals surface area contributed by atoms with Crippen molar-refractivity contribution in [3.05, 3.63) is 53.6 Å². The summed E-state index contributed by atoms with van der Waals surface area (Å²) in [7, 11) is 0. The molecule has 8 nitrogen and oxygen atoms in total. The summed E-state index contributed by atoms with van der Waals surface area (Å²) >= 11 is 0. The molecule has 37 heavy (non-hydrogen) atoms. The van der Waals surface area contributed by atoms with Crippen molar-refractivity contribution in [1.29, 1.82) is 0 Å². The SMILES string of the molecule is O=C(Nc1nc2cc(N3CC4CCC(C3=O)N4C3CC3)ccc2n1CCCO)c1cccc(C(F)F)c1. The van der Waals surface area contributed by atoms with Crippen LogP contribution in [0.1, 0.15) is 54.5 Å². The van der Waals surface area contributed by atoms with Crippen molar-refractivity contribution in [2.24, 2.45) is 0 Å². The van der Waals surface area contributed by atoms with Crippen molar-refractivity contribution in [2.75, 3.05) is 23.4 Å². The van der Waals surface area contributed by atoms with Crippen LogP contribution < -0.4 is 10.2 Å². The number of halogens is 2. The second-order valence-corrected chi connectivity index (χ2v) is 10.1. The van der Waals surface area contributed by atoms with E-state index in [0.717, 1.165) is 24.0 Å². The van der Waals surface area contributed by atoms with E-state index in [-0.39, 0.29) is 35.6 Å². The Bertz CT molecular complexity index is 1360. The number of aliphatic hydroxyl groups excluding tert-OH is 1. The van der Waals surface area contributed by atoms with Gasteiger partial charge in [-0.3, -0.25) is 19.8 Å². The molecule has 2 aliphatic heterocycles. The predicted molar refractivity (Wildman–Crippen MR) is 135 cm³/mol. The second kappa shape index (κ2) is 9.50. The number of hydrogen-bond acceptors (Lipinski definition) is 5. The van der Waals surface area contributed by atoms with E-state index in [9.17, 15) is 23.5 Å². The van der Waals surface area contributed by atoms with E-state index in [4.69, 9.17) is 0 Å². The quantitative estimate of drug-likeness (QED) is 0.480. The molecule has 1 saturated carbocycles. The molecular formula is C27H29F2N5O3. The Balaban J connectivity index is 1.29. The van der Waals surface area contributed by atoms with Gasteiger partial charge in [-0.05, 0) is 62.4 Å². The number of aromatic nitrogens is 2. The van der Waals surface area contributed by atoms with Gasteiger partial charge in [-0.2, -0.15) is 0 Å². The van der Waals surface area contributed by atoms with Gasteiger partial charge in [0.25, 0.3) is 12.3 Å². The van der Waals surface area contributed by atoms with Gasteiger partial charge in [0.15, 0.2) is 0 Å². The van der Waals surface area contributed by atoms with Crippen LogP contribution in [0.2, 0.25) is 0 Å². The van der Waals surface area contributed by atoms with E-state index >= 15 is 0 Å². The van der Waals surface area contributed by atoms with Crippen molar-refractivity contribution in [1.82, 2.24) is 14.5 Å². The van der Waals surface area contributed by atoms with E-state index in [2.05, 4.69) is 15.2 Å². The van der Waals surface area contributed by atoms with E-state index in [1.54, 1.807) is 4.57 Å². The van der Waals surface area contributed by atoms with E-state index in [1.807, 2.05) is 23.1 Å². The molecule has 2 atom stereocenters. The first-order chi connectivity index (χ1) is 17.9. The monoisotopic (exact) mass is 509 g/mol. The number of aliphatic hydroxyl groups is 1. The molecule has 1 aromatic heterocycles. The molecule has 2 unspecified atom stereocenters. The molecule has 0 spiro atoms. The van der Waals surface area contributed by atoms with Crippen LogP contribution in [0.15, 0.2) is 42.5 Å². The Hall–Kier alpha value is -3.37. The molecule has 0 radical (unpaired) electrons. The summed E-state index contributed by atoms with van der Waals surface area (Å²) in [4.78, 5) is 35.2. The Morgan fingerprint density at radius 3 is 2.68 bits per heavy atom. The highest BCUT2D eigenvalue weighted by atomic mass is 19.3. The van der Waals surface area contributed by atoms with Crippen LogP contribution in [0.4, 0.5) is 20.4 Å². The molecule has 2 N–H and O–H groups in total. The molecule has 3 fully saturated rings. The summed E-state index contributed by atoms with van der Waals surface area (Å²) < 4.78 is 28.0. The number of carbonyl (C=O) groups is 2. The fourth-order valence-corrected chi connectivity index (χ4v) is 5.80. The summed E-state index contributed by atoms with van der Waals surface area (Å²) in [6, 6.07) is 11.9. The zero-order chi connectivity index (χ0) is 25.7. The number of carbonyl (C=O) groups excluding carboxylic acids is 2. The third kappa shape index (κ3) is 4.38. The van der Waals surface area contributed by atoms with Crippen molar-refractivity contribution in [3.63, 3.8) is 0 Å². The number of hydrogen-bond donors (Lipinski definition) is 2. The maximum Gasteiger partial charge on any atom is 0.263 e. The summed E-state index contributed by atoms with van der Waals surface area (Å²) in [6.07, 6.45) is 2.06. The number of alkyl halides is 2. The molecular weight excluding hydrogens is 480 g/mol. The third-order valence-electron chi connectivity index (χ3n) is 7.68. The number of aryl methyl sites for hydroxylation is 1. The minimum atomic E-state index is -2.68. The average molecular weight is 510 g/mol. The standard InChI is InChI=1S/C27H29F2N5O3/c28-24(29)16-3-1-4-17(13-16)25(36)31-27-30-21-14-19(7-9-22(21)32(27)11-2-12-35)33-15-20-8-10-23(26(33)37)34(20)18-5-6-18/h1,3-4,7,9,13-14,18,20,23-24,35H,2,5-6,8,10-12,15H2,(H,30,31,36). The molecule has 2 aromatic carbocycles. The predicted octanol–water partition coefficient (Wildman–Crippen LogP) is 3.95. The Labute approximate surface area is 212 Å². The lowest BCUT2D eigenvalue weighted by molar-refractivity contribution is -0.125. The number of fused-ring (bicyclic) bond motifs is 3. The number of nitrogens with one attached hydrogen (secondary N) is 1. The van der Waals surface area contributed by atoms with Crippen molar-refractivity contribution >= 4 is 34.5 Å². The lowest BCUT2D eigenvalue weighted by Crippen LogP contribution is -2.58. The van der Waals surface area contributed by atoms with Gasteiger partial charge in [0.1, 0.15) is 0 Å². The van der Waals surface area contributed by atoms with Crippen molar-refractivity contribution < 1.29 is 23.5 Å². The maximum absolute atomic E-state index is 13.4. The van der Waals surface area contributed by atoms with Crippen molar-refractivity contribution in [3.8, 4) is 0 Å². The molecule has 1 aliphatic carbocycles. The average Bonchev–Trinajstić information content (AvgIpc) is 3.60. The Morgan fingerprint density at radius 1 is 1.11 bits per heavy atom. The van der Waals surface area contributed by atoms with Gasteiger partial charge in [-0.1, -0.05) is 12.1 Å². The number of rotatable bonds is 8. The molecule has 10 heteroatoms. The molecule has 6 rings (SSSR count). The topological polar surface area (TPSA) is 90.7 Å². The zero-order valence-electron chi connectivity index (χ0n) is 20.3. The fourth-order valence-electron chi connectivity index (χ4n) is 5.80. The number of piperazine rings is 1. The van der Waals surface area contributed by atoms with Gasteiger partial charge in [-0.15, -0.1) is 0 Å². The summed E-state index contributed by atoms with van der Waals surface area (Å²) in [5, 5.41) is 12.1. The molecule has 194 valence electrons. The highest BCUT2D eigenvalue weighted by Gasteiger charge is 2.50. The lowest BCUT2D eigenvalue weighted by atomic mass is 10.1. The first-order valence-corrected chi connectivity index (χ1v) is 12.8. The summed E-state index contributed by atoms with van der Waals surface area (Å²) in [5.74, 6) is -0.156. The molecule has 2 bridgehead atoms. The summed E-state index contributed by atoms with van der Waals surface area (Å²) in [5.41, 5.74) is 2.01. The zero-order valence-corrected chi connectivity index (χ0v) is 20.3. The Kier molecular flexibility index (Phi) is 6.16. The highest BCUT2D eigenvalue weighted by molar-refractivity contribution is 6.04. The first kappa shape index (κ1) is 24.0. The third-order valence-corrected chi connectivity index (χ3v) is 7.68. The largest absolute Gasteiger partial charge is 0.396 e.